The Hall–Kier alpha value is -9.79. The van der Waals surface area contributed by atoms with Gasteiger partial charge in [0.25, 0.3) is 20.0 Å². The van der Waals surface area contributed by atoms with Gasteiger partial charge in [-0.05, 0) is 165 Å². The second kappa shape index (κ2) is 32.7. The van der Waals surface area contributed by atoms with Crippen LogP contribution in [0.2, 0.25) is 0 Å². The number of amides is 2. The zero-order valence-electron chi connectivity index (χ0n) is 60.1. The minimum absolute atomic E-state index is 0.0302. The van der Waals surface area contributed by atoms with Crippen LogP contribution in [-0.2, 0) is 48.8 Å². The molecule has 4 heterocycles. The van der Waals surface area contributed by atoms with E-state index < -0.39 is 84.1 Å². The van der Waals surface area contributed by atoms with Gasteiger partial charge in [-0.25, -0.2) is 14.3 Å². The van der Waals surface area contributed by atoms with Crippen LogP contribution in [0.3, 0.4) is 0 Å². The molecule has 0 aliphatic carbocycles. The Balaban J connectivity index is 0.795. The van der Waals surface area contributed by atoms with Crippen LogP contribution in [-0.4, -0.2) is 109 Å². The molecule has 1 unspecified atom stereocenters. The van der Waals surface area contributed by atoms with Gasteiger partial charge >= 0.3 is 23.6 Å². The zero-order valence-corrected chi connectivity index (χ0v) is 61.0. The van der Waals surface area contributed by atoms with Crippen molar-refractivity contribution in [2.75, 3.05) is 40.5 Å². The van der Waals surface area contributed by atoms with Crippen LogP contribution in [0.25, 0.3) is 6.08 Å². The maximum absolute atomic E-state index is 13.9. The van der Waals surface area contributed by atoms with Gasteiger partial charge in [-0.3, -0.25) is 33.5 Å². The summed E-state index contributed by atoms with van der Waals surface area (Å²) in [5.74, 6) is -0.212. The molecule has 24 heteroatoms. The minimum Gasteiger partial charge on any atom is -0.497 e. The molecule has 1 saturated heterocycles. The Bertz CT molecular complexity index is 4290. The number of fused-ring (bicyclic) bond motifs is 6. The Morgan fingerprint density at radius 1 is 0.728 bits per heavy atom. The second-order valence-corrected chi connectivity index (χ2v) is 29.3. The largest absolute Gasteiger partial charge is 0.497 e. The number of ether oxygens (including phenoxy) is 8. The standard InChI is InChI=1S/C79H89N6O17P/c1-49(2)85(50(3)4)103(96-42-20-39-80)102-66-46-69(100-67(66)48-95-78(53-22-15-13-16-23-53,54-26-30-56(93-11)31-27-54)55-28-32-57(94-12)33-29-55)84-47-52(71(88)83-75(84)92)21-19-41-81-68(86)24-17-14-18-40-82-70(87)51-25-36-60-63(43-51)79(101-72(60)89)61-37-34-58(97-73(90)76(5,6)7)44-64(61)99-65-45-59(35-38-62(65)79)98-74(91)77(8,9)10/h13,15-16,19,21-23,25-38,43-45,47,49-50,66-67,69H,14,17-18,20,24,40-42,46,48H2,1-12H3,(H,81,86)(H,82,87)(H,83,88,92)/b21-19+/t66-,67+,69+,103?/m0/s1. The number of nitrogens with zero attached hydrogens (tertiary/aromatic N) is 3. The Kier molecular flexibility index (Phi) is 24.1. The molecule has 3 N–H and O–H groups in total. The van der Waals surface area contributed by atoms with Crippen LogP contribution < -0.4 is 45.6 Å². The van der Waals surface area contributed by atoms with E-state index in [0.717, 1.165) is 16.7 Å². The van der Waals surface area contributed by atoms with Crippen LogP contribution in [0.4, 0.5) is 0 Å². The fourth-order valence-electron chi connectivity index (χ4n) is 12.5. The first kappa shape index (κ1) is 75.9. The fraction of sp³-hybridized carbons (Fsp3) is 0.392. The Morgan fingerprint density at radius 2 is 1.31 bits per heavy atom. The first-order valence-electron chi connectivity index (χ1n) is 34.4. The minimum atomic E-state index is -1.82. The fourth-order valence-corrected chi connectivity index (χ4v) is 14.2. The predicted molar refractivity (Wildman–Crippen MR) is 386 cm³/mol. The quantitative estimate of drug-likeness (QED) is 0.0129. The molecule has 1 aromatic heterocycles. The van der Waals surface area contributed by atoms with Crippen molar-refractivity contribution in [2.45, 2.75) is 149 Å². The lowest BCUT2D eigenvalue weighted by Gasteiger charge is -2.39. The van der Waals surface area contributed by atoms with Gasteiger partial charge in [-0.15, -0.1) is 0 Å². The number of nitriles is 1. The lowest BCUT2D eigenvalue weighted by molar-refractivity contribution is -0.143. The van der Waals surface area contributed by atoms with Gasteiger partial charge in [0.15, 0.2) is 5.60 Å². The molecule has 7 aromatic rings. The molecule has 542 valence electrons. The molecule has 10 rings (SSSR count). The van der Waals surface area contributed by atoms with E-state index in [1.165, 1.54) is 35.0 Å². The molecular weight excluding hydrogens is 1340 g/mol. The molecular formula is C79H89N6O17P. The smallest absolute Gasteiger partial charge is 0.340 e. The number of rotatable bonds is 29. The summed E-state index contributed by atoms with van der Waals surface area (Å²) in [6, 6.07) is 41.4. The molecule has 6 aromatic carbocycles. The van der Waals surface area contributed by atoms with Gasteiger partial charge in [0.1, 0.15) is 52.4 Å². The number of aromatic amines is 1. The summed E-state index contributed by atoms with van der Waals surface area (Å²) in [5.41, 5.74) is -1.76. The maximum atomic E-state index is 13.9. The van der Waals surface area contributed by atoms with Crippen LogP contribution in [0.1, 0.15) is 174 Å². The number of aromatic nitrogens is 2. The van der Waals surface area contributed by atoms with Crippen molar-refractivity contribution in [3.05, 3.63) is 217 Å². The number of benzene rings is 6. The number of carbonyl (C=O) groups is 5. The van der Waals surface area contributed by atoms with Crippen LogP contribution in [0.5, 0.6) is 34.5 Å². The summed E-state index contributed by atoms with van der Waals surface area (Å²) in [4.78, 5) is 96.8. The van der Waals surface area contributed by atoms with Crippen molar-refractivity contribution in [1.82, 2.24) is 24.9 Å². The number of nitrogens with one attached hydrogen (secondary N) is 3. The monoisotopic (exact) mass is 1420 g/mol. The molecule has 0 radical (unpaired) electrons. The number of carbonyl (C=O) groups excluding carboxylic acids is 5. The van der Waals surface area contributed by atoms with Crippen molar-refractivity contribution in [3.8, 4) is 40.6 Å². The highest BCUT2D eigenvalue weighted by Crippen LogP contribution is 2.58. The van der Waals surface area contributed by atoms with Crippen LogP contribution >= 0.6 is 8.53 Å². The molecule has 3 aliphatic rings. The van der Waals surface area contributed by atoms with Crippen LogP contribution in [0.15, 0.2) is 155 Å². The Labute approximate surface area is 600 Å². The lowest BCUT2D eigenvalue weighted by Crippen LogP contribution is -2.39. The third kappa shape index (κ3) is 17.1. The second-order valence-electron chi connectivity index (χ2n) is 27.9. The number of esters is 3. The van der Waals surface area contributed by atoms with Crippen LogP contribution in [0, 0.1) is 22.2 Å². The third-order valence-electron chi connectivity index (χ3n) is 17.7. The molecule has 1 spiro atoms. The number of H-pyrrole nitrogens is 1. The summed E-state index contributed by atoms with van der Waals surface area (Å²) in [6.45, 7) is 18.9. The number of hydrogen-bond donors (Lipinski definition) is 3. The van der Waals surface area contributed by atoms with Gasteiger partial charge in [0, 0.05) is 78.6 Å². The molecule has 2 amide bonds. The average molecular weight is 1430 g/mol. The molecule has 1 fully saturated rings. The lowest BCUT2D eigenvalue weighted by atomic mass is 9.77. The molecule has 0 saturated carbocycles. The summed E-state index contributed by atoms with van der Waals surface area (Å²) in [7, 11) is 1.39. The van der Waals surface area contributed by atoms with Gasteiger partial charge in [-0.2, -0.15) is 5.26 Å². The maximum Gasteiger partial charge on any atom is 0.340 e. The summed E-state index contributed by atoms with van der Waals surface area (Å²) in [5, 5.41) is 15.4. The molecule has 4 atom stereocenters. The first-order chi connectivity index (χ1) is 49.2. The van der Waals surface area contributed by atoms with E-state index in [9.17, 15) is 38.8 Å². The van der Waals surface area contributed by atoms with Crippen molar-refractivity contribution in [2.24, 2.45) is 10.8 Å². The highest BCUT2D eigenvalue weighted by molar-refractivity contribution is 7.44. The van der Waals surface area contributed by atoms with E-state index in [1.807, 2.05) is 107 Å². The van der Waals surface area contributed by atoms with Crippen molar-refractivity contribution in [1.29, 1.82) is 5.26 Å². The first-order valence-corrected chi connectivity index (χ1v) is 35.6. The van der Waals surface area contributed by atoms with Crippen molar-refractivity contribution >= 4 is 44.3 Å². The number of unbranched alkanes of at least 4 members (excludes halogenated alkanes) is 2. The number of methoxy groups -OCH3 is 2. The summed E-state index contributed by atoms with van der Waals surface area (Å²) >= 11 is 0. The van der Waals surface area contributed by atoms with Gasteiger partial charge in [0.05, 0.1) is 68.0 Å². The van der Waals surface area contributed by atoms with Gasteiger partial charge in [-0.1, -0.05) is 73.2 Å². The van der Waals surface area contributed by atoms with E-state index in [1.54, 1.807) is 98.2 Å². The van der Waals surface area contributed by atoms with Gasteiger partial charge in [0.2, 0.25) is 5.91 Å². The third-order valence-corrected chi connectivity index (χ3v) is 19.9. The van der Waals surface area contributed by atoms with E-state index in [-0.39, 0.29) is 103 Å². The SMILES string of the molecule is COc1ccc(C(OC[C@H]2O[C@@H](n3cc(/C=C/CNC(=O)CCCCCNC(=O)c4ccc5c(c4)C4(OC5=O)c5ccc(OC(=O)C(C)(C)C)cc5Oc5cc(OC(=O)C(C)(C)C)ccc54)c(=O)[nH]c3=O)C[C@@H]2OP(OCCC#N)N(C(C)C)C(C)C)(c2ccccc2)c2ccc(OC)cc2)cc1. The van der Waals surface area contributed by atoms with E-state index >= 15 is 0 Å². The topological polar surface area (TPSA) is 284 Å². The molecule has 103 heavy (non-hydrogen) atoms. The van der Waals surface area contributed by atoms with Gasteiger partial charge < -0.3 is 57.6 Å². The highest BCUT2D eigenvalue weighted by Gasteiger charge is 2.54. The zero-order chi connectivity index (χ0) is 74.0. The van der Waals surface area contributed by atoms with Crippen molar-refractivity contribution < 1.29 is 70.9 Å². The molecule has 3 aliphatic heterocycles. The summed E-state index contributed by atoms with van der Waals surface area (Å²) < 4.78 is 66.5. The van der Waals surface area contributed by atoms with Crippen molar-refractivity contribution in [3.63, 3.8) is 0 Å². The predicted octanol–water partition coefficient (Wildman–Crippen LogP) is 13.1. The highest BCUT2D eigenvalue weighted by atomic mass is 31.2. The molecule has 23 nitrogen and oxygen atoms in total. The summed E-state index contributed by atoms with van der Waals surface area (Å²) in [6.07, 6.45) is 4.05. The average Bonchev–Trinajstić information content (AvgIpc) is 1.57. The van der Waals surface area contributed by atoms with E-state index in [0.29, 0.717) is 47.5 Å². The molecule has 0 bridgehead atoms. The number of hydrogen-bond acceptors (Lipinski definition) is 19. The Morgan fingerprint density at radius 3 is 1.87 bits per heavy atom. The van der Waals surface area contributed by atoms with E-state index in [2.05, 4.69) is 26.4 Å². The van der Waals surface area contributed by atoms with E-state index in [4.69, 9.17) is 46.9 Å². The normalized spacial score (nSPS) is 16.3.